The Labute approximate surface area is 160 Å². The van der Waals surface area contributed by atoms with E-state index in [9.17, 15) is 9.59 Å². The zero-order chi connectivity index (χ0) is 19.0. The van der Waals surface area contributed by atoms with Crippen molar-refractivity contribution in [2.45, 2.75) is 13.0 Å². The van der Waals surface area contributed by atoms with Crippen LogP contribution in [-0.4, -0.2) is 29.9 Å². The second kappa shape index (κ2) is 6.85. The van der Waals surface area contributed by atoms with E-state index in [1.54, 1.807) is 31.0 Å². The van der Waals surface area contributed by atoms with Crippen LogP contribution in [-0.2, 0) is 4.79 Å². The maximum Gasteiger partial charge on any atom is 0.267 e. The Morgan fingerprint density at radius 1 is 1.22 bits per heavy atom. The topological polar surface area (TPSA) is 71.5 Å². The predicted octanol–water partition coefficient (Wildman–Crippen LogP) is 3.81. The Morgan fingerprint density at radius 2 is 2.00 bits per heavy atom. The van der Waals surface area contributed by atoms with Gasteiger partial charge in [0.2, 0.25) is 0 Å². The number of thiazole rings is 1. The first-order valence-corrected chi connectivity index (χ1v) is 9.31. The number of aromatic nitrogens is 1. The first-order valence-electron chi connectivity index (χ1n) is 8.43. The molecule has 4 rings (SSSR count). The Balaban J connectivity index is 1.57. The van der Waals surface area contributed by atoms with Crippen LogP contribution in [0.15, 0.2) is 53.9 Å². The first kappa shape index (κ1) is 17.2. The molecule has 1 aromatic heterocycles. The van der Waals surface area contributed by atoms with Crippen LogP contribution in [0.5, 0.6) is 5.75 Å². The molecule has 6 nitrogen and oxygen atoms in total. The molecular formula is C20H17N3O3S. The summed E-state index contributed by atoms with van der Waals surface area (Å²) in [6, 6.07) is 14.6. The predicted molar refractivity (Wildman–Crippen MR) is 105 cm³/mol. The van der Waals surface area contributed by atoms with E-state index < -0.39 is 6.10 Å². The molecule has 0 radical (unpaired) electrons. The fourth-order valence-corrected chi connectivity index (χ4v) is 3.61. The highest BCUT2D eigenvalue weighted by Crippen LogP contribution is 2.37. The highest BCUT2D eigenvalue weighted by molar-refractivity contribution is 7.14. The number of hydrogen-bond acceptors (Lipinski definition) is 5. The number of benzene rings is 2. The average molecular weight is 379 g/mol. The molecule has 2 aromatic carbocycles. The summed E-state index contributed by atoms with van der Waals surface area (Å²) in [5, 5.41) is 5.20. The molecule has 1 aliphatic heterocycles. The number of nitrogens with zero attached hydrogens (tertiary/aromatic N) is 2. The van der Waals surface area contributed by atoms with E-state index in [4.69, 9.17) is 4.74 Å². The largest absolute Gasteiger partial charge is 0.479 e. The van der Waals surface area contributed by atoms with Crippen molar-refractivity contribution in [2.75, 3.05) is 17.3 Å². The van der Waals surface area contributed by atoms with Crippen molar-refractivity contribution in [2.24, 2.45) is 0 Å². The van der Waals surface area contributed by atoms with Crippen molar-refractivity contribution in [3.63, 3.8) is 0 Å². The third-order valence-electron chi connectivity index (χ3n) is 4.36. The maximum atomic E-state index is 12.3. The molecule has 1 atom stereocenters. The lowest BCUT2D eigenvalue weighted by Gasteiger charge is -2.30. The lowest BCUT2D eigenvalue weighted by Crippen LogP contribution is -2.41. The monoisotopic (exact) mass is 379 g/mol. The molecule has 136 valence electrons. The van der Waals surface area contributed by atoms with Gasteiger partial charge in [0.1, 0.15) is 5.75 Å². The van der Waals surface area contributed by atoms with Crippen LogP contribution in [0.1, 0.15) is 17.3 Å². The fraction of sp³-hybridized carbons (Fsp3) is 0.150. The highest BCUT2D eigenvalue weighted by Gasteiger charge is 2.29. The molecule has 0 saturated heterocycles. The Bertz CT molecular complexity index is 1020. The van der Waals surface area contributed by atoms with Gasteiger partial charge in [-0.25, -0.2) is 4.98 Å². The molecule has 1 aliphatic rings. The zero-order valence-electron chi connectivity index (χ0n) is 14.8. The molecule has 0 saturated carbocycles. The third kappa shape index (κ3) is 3.29. The minimum atomic E-state index is -0.493. The summed E-state index contributed by atoms with van der Waals surface area (Å²) in [5.74, 6) is 0.379. The number of nitrogens with one attached hydrogen (secondary N) is 1. The summed E-state index contributed by atoms with van der Waals surface area (Å²) >= 11 is 1.35. The Morgan fingerprint density at radius 3 is 2.78 bits per heavy atom. The zero-order valence-corrected chi connectivity index (χ0v) is 15.6. The van der Waals surface area contributed by atoms with Crippen molar-refractivity contribution in [3.05, 3.63) is 59.5 Å². The van der Waals surface area contributed by atoms with Gasteiger partial charge in [0.15, 0.2) is 11.2 Å². The van der Waals surface area contributed by atoms with Crippen molar-refractivity contribution in [1.82, 2.24) is 4.98 Å². The number of hydrogen-bond donors (Lipinski definition) is 1. The molecule has 0 aliphatic carbocycles. The van der Waals surface area contributed by atoms with Crippen LogP contribution in [0.3, 0.4) is 0 Å². The van der Waals surface area contributed by atoms with Gasteiger partial charge < -0.3 is 9.64 Å². The van der Waals surface area contributed by atoms with Crippen LogP contribution < -0.4 is 15.0 Å². The number of fused-ring (bicyclic) bond motifs is 1. The number of rotatable bonds is 3. The molecule has 3 aromatic rings. The molecule has 0 unspecified atom stereocenters. The number of amides is 2. The second-order valence-corrected chi connectivity index (χ2v) is 7.06. The standard InChI is InChI=1S/C20H17N3O3S/c1-12-19(25)23(2)16-10-14(8-9-17(16)26-12)15-11-27-20(21-15)22-18(24)13-6-4-3-5-7-13/h3-12H,1-2H3,(H,21,22,24)/t12-/m1/s1. The van der Waals surface area contributed by atoms with Crippen LogP contribution in [0.4, 0.5) is 10.8 Å². The number of ether oxygens (including phenoxy) is 1. The van der Waals surface area contributed by atoms with E-state index in [1.165, 1.54) is 11.3 Å². The molecular weight excluding hydrogens is 362 g/mol. The lowest BCUT2D eigenvalue weighted by atomic mass is 10.1. The van der Waals surface area contributed by atoms with Crippen LogP contribution in [0.2, 0.25) is 0 Å². The van der Waals surface area contributed by atoms with Crippen molar-refractivity contribution in [3.8, 4) is 17.0 Å². The summed E-state index contributed by atoms with van der Waals surface area (Å²) < 4.78 is 5.65. The maximum absolute atomic E-state index is 12.3. The van der Waals surface area contributed by atoms with Gasteiger partial charge in [-0.1, -0.05) is 18.2 Å². The van der Waals surface area contributed by atoms with Crippen molar-refractivity contribution >= 4 is 34.0 Å². The molecule has 2 heterocycles. The van der Waals surface area contributed by atoms with Gasteiger partial charge >= 0.3 is 0 Å². The van der Waals surface area contributed by atoms with Gasteiger partial charge in [0.25, 0.3) is 11.8 Å². The highest BCUT2D eigenvalue weighted by atomic mass is 32.1. The number of likely N-dealkylation sites (N-methyl/N-ethyl adjacent to an activating group) is 1. The molecule has 0 bridgehead atoms. The summed E-state index contributed by atoms with van der Waals surface area (Å²) in [4.78, 5) is 30.5. The number of carbonyl (C=O) groups excluding carboxylic acids is 2. The van der Waals surface area contributed by atoms with E-state index in [0.717, 1.165) is 11.3 Å². The summed E-state index contributed by atoms with van der Waals surface area (Å²) in [6.45, 7) is 1.73. The Hall–Kier alpha value is -3.19. The summed E-state index contributed by atoms with van der Waals surface area (Å²) in [5.41, 5.74) is 2.86. The molecule has 7 heteroatoms. The number of anilines is 2. The van der Waals surface area contributed by atoms with Gasteiger partial charge in [-0.05, 0) is 37.3 Å². The van der Waals surface area contributed by atoms with E-state index in [1.807, 2.05) is 41.8 Å². The van der Waals surface area contributed by atoms with Crippen LogP contribution in [0.25, 0.3) is 11.3 Å². The SMILES string of the molecule is C[C@H]1Oc2ccc(-c3csc(NC(=O)c4ccccc4)n3)cc2N(C)C1=O. The number of carbonyl (C=O) groups is 2. The summed E-state index contributed by atoms with van der Waals surface area (Å²) in [6.07, 6.45) is -0.493. The van der Waals surface area contributed by atoms with Crippen LogP contribution >= 0.6 is 11.3 Å². The normalized spacial score (nSPS) is 15.9. The molecule has 0 fully saturated rings. The first-order chi connectivity index (χ1) is 13.0. The van der Waals surface area contributed by atoms with Crippen LogP contribution in [0, 0.1) is 0 Å². The van der Waals surface area contributed by atoms with E-state index >= 15 is 0 Å². The van der Waals surface area contributed by atoms with Crippen molar-refractivity contribution in [1.29, 1.82) is 0 Å². The van der Waals surface area contributed by atoms with E-state index in [-0.39, 0.29) is 11.8 Å². The minimum absolute atomic E-state index is 0.0891. The van der Waals surface area contributed by atoms with E-state index in [2.05, 4.69) is 10.3 Å². The van der Waals surface area contributed by atoms with Gasteiger partial charge in [0, 0.05) is 23.6 Å². The second-order valence-electron chi connectivity index (χ2n) is 6.20. The van der Waals surface area contributed by atoms with Gasteiger partial charge in [0.05, 0.1) is 11.4 Å². The smallest absolute Gasteiger partial charge is 0.267 e. The fourth-order valence-electron chi connectivity index (χ4n) is 2.89. The van der Waals surface area contributed by atoms with E-state index in [0.29, 0.717) is 22.1 Å². The quantitative estimate of drug-likeness (QED) is 0.751. The van der Waals surface area contributed by atoms with Crippen molar-refractivity contribution < 1.29 is 14.3 Å². The summed E-state index contributed by atoms with van der Waals surface area (Å²) in [7, 11) is 1.73. The average Bonchev–Trinajstić information content (AvgIpc) is 3.15. The van der Waals surface area contributed by atoms with Gasteiger partial charge in [-0.3, -0.25) is 14.9 Å². The minimum Gasteiger partial charge on any atom is -0.479 e. The third-order valence-corrected chi connectivity index (χ3v) is 5.12. The Kier molecular flexibility index (Phi) is 4.37. The van der Waals surface area contributed by atoms with Gasteiger partial charge in [-0.15, -0.1) is 11.3 Å². The lowest BCUT2D eigenvalue weighted by molar-refractivity contribution is -0.125. The molecule has 1 N–H and O–H groups in total. The molecule has 2 amide bonds. The molecule has 27 heavy (non-hydrogen) atoms. The van der Waals surface area contributed by atoms with Gasteiger partial charge in [-0.2, -0.15) is 0 Å². The molecule has 0 spiro atoms.